The number of anilines is 1. The van der Waals surface area contributed by atoms with Gasteiger partial charge in [0, 0.05) is 14.1 Å². The van der Waals surface area contributed by atoms with Gasteiger partial charge in [-0.05, 0) is 0 Å². The van der Waals surface area contributed by atoms with E-state index in [2.05, 4.69) is 4.99 Å². The van der Waals surface area contributed by atoms with Gasteiger partial charge in [0.25, 0.3) is 0 Å². The number of nitrogens with one attached hydrogen (secondary N) is 1. The van der Waals surface area contributed by atoms with E-state index >= 15 is 0 Å². The molecule has 4 nitrogen and oxygen atoms in total. The minimum absolute atomic E-state index is 0.0170. The van der Waals surface area contributed by atoms with Gasteiger partial charge in [-0.3, -0.25) is 5.41 Å². The van der Waals surface area contributed by atoms with Gasteiger partial charge in [-0.25, -0.2) is 4.99 Å². The van der Waals surface area contributed by atoms with E-state index in [1.807, 2.05) is 0 Å². The summed E-state index contributed by atoms with van der Waals surface area (Å²) in [7, 11) is 3.59. The molecule has 0 aromatic heterocycles. The summed E-state index contributed by atoms with van der Waals surface area (Å²) < 4.78 is 0. The second kappa shape index (κ2) is 4.05. The zero-order chi connectivity index (χ0) is 12.9. The van der Waals surface area contributed by atoms with Crippen molar-refractivity contribution in [2.24, 2.45) is 10.7 Å². The first kappa shape index (κ1) is 12.5. The molecule has 7 heteroatoms. The molecule has 3 N–H and O–H groups in total. The topological polar surface area (TPSA) is 65.5 Å². The first-order chi connectivity index (χ1) is 7.86. The van der Waals surface area contributed by atoms with Gasteiger partial charge in [-0.15, -0.1) is 0 Å². The third-order valence-electron chi connectivity index (χ3n) is 2.47. The number of fused-ring (bicyclic) bond motifs is 1. The van der Waals surface area contributed by atoms with Crippen molar-refractivity contribution in [3.8, 4) is 0 Å². The van der Waals surface area contributed by atoms with E-state index in [-0.39, 0.29) is 16.7 Å². The van der Waals surface area contributed by atoms with Gasteiger partial charge in [0.2, 0.25) is 0 Å². The van der Waals surface area contributed by atoms with Gasteiger partial charge in [0.05, 0.1) is 31.9 Å². The molecule has 0 aliphatic carbocycles. The molecule has 1 aliphatic rings. The first-order valence-electron chi connectivity index (χ1n) is 4.67. The normalized spacial score (nSPS) is 13.7. The molecule has 0 unspecified atom stereocenters. The van der Waals surface area contributed by atoms with Crippen LogP contribution in [0.4, 0.5) is 5.69 Å². The Labute approximate surface area is 113 Å². The molecule has 1 aliphatic heterocycles. The Bertz CT molecular complexity index is 563. The van der Waals surface area contributed by atoms with Crippen LogP contribution in [0, 0.1) is 5.41 Å². The van der Waals surface area contributed by atoms with Gasteiger partial charge in [-0.2, -0.15) is 0 Å². The van der Waals surface area contributed by atoms with Crippen molar-refractivity contribution in [2.45, 2.75) is 0 Å². The van der Waals surface area contributed by atoms with Crippen LogP contribution in [-0.2, 0) is 0 Å². The second-order valence-electron chi connectivity index (χ2n) is 3.78. The van der Waals surface area contributed by atoms with Crippen LogP contribution in [0.15, 0.2) is 4.99 Å². The van der Waals surface area contributed by atoms with Crippen LogP contribution in [0.2, 0.25) is 15.1 Å². The van der Waals surface area contributed by atoms with Crippen molar-refractivity contribution >= 4 is 52.2 Å². The first-order valence-corrected chi connectivity index (χ1v) is 5.80. The molecule has 1 aromatic rings. The summed E-state index contributed by atoms with van der Waals surface area (Å²) in [6.07, 6.45) is 0. The summed E-state index contributed by atoms with van der Waals surface area (Å²) in [6, 6.07) is 0. The molecule has 0 saturated carbocycles. The van der Waals surface area contributed by atoms with Crippen LogP contribution in [-0.4, -0.2) is 25.8 Å². The lowest BCUT2D eigenvalue weighted by Gasteiger charge is -2.20. The van der Waals surface area contributed by atoms with Gasteiger partial charge in [0.1, 0.15) is 5.84 Å². The summed E-state index contributed by atoms with van der Waals surface area (Å²) >= 11 is 18.5. The number of hydrogen-bond acceptors (Lipinski definition) is 3. The zero-order valence-corrected chi connectivity index (χ0v) is 11.4. The minimum atomic E-state index is -0.0170. The third-order valence-corrected chi connectivity index (χ3v) is 3.68. The Morgan fingerprint density at radius 2 is 1.65 bits per heavy atom. The van der Waals surface area contributed by atoms with E-state index < -0.39 is 0 Å². The van der Waals surface area contributed by atoms with Gasteiger partial charge >= 0.3 is 0 Å². The smallest absolute Gasteiger partial charge is 0.156 e. The molecule has 0 amide bonds. The van der Waals surface area contributed by atoms with Crippen molar-refractivity contribution in [3.63, 3.8) is 0 Å². The minimum Gasteiger partial charge on any atom is -0.383 e. The SMILES string of the molecule is CN(C)c1c(Cl)c(Cl)c2c(c1Cl)C(N)=NC2=N. The van der Waals surface area contributed by atoms with E-state index in [1.165, 1.54) is 0 Å². The Balaban J connectivity index is 2.89. The van der Waals surface area contributed by atoms with E-state index in [1.54, 1.807) is 19.0 Å². The fourth-order valence-corrected chi connectivity index (χ4v) is 2.87. The lowest BCUT2D eigenvalue weighted by atomic mass is 10.1. The largest absolute Gasteiger partial charge is 0.383 e. The maximum atomic E-state index is 7.69. The second-order valence-corrected chi connectivity index (χ2v) is 4.91. The molecule has 0 saturated heterocycles. The molecule has 2 rings (SSSR count). The van der Waals surface area contributed by atoms with Crippen molar-refractivity contribution in [1.82, 2.24) is 0 Å². The number of nitrogens with zero attached hydrogens (tertiary/aromatic N) is 2. The molecule has 1 heterocycles. The van der Waals surface area contributed by atoms with E-state index in [9.17, 15) is 0 Å². The average Bonchev–Trinajstić information content (AvgIpc) is 2.50. The molecule has 0 fully saturated rings. The molecule has 17 heavy (non-hydrogen) atoms. The Morgan fingerprint density at radius 1 is 1.06 bits per heavy atom. The maximum absolute atomic E-state index is 7.69. The van der Waals surface area contributed by atoms with Crippen LogP contribution in [0.5, 0.6) is 0 Å². The van der Waals surface area contributed by atoms with E-state index in [0.29, 0.717) is 26.9 Å². The van der Waals surface area contributed by atoms with Crippen molar-refractivity contribution in [1.29, 1.82) is 5.41 Å². The highest BCUT2D eigenvalue weighted by Crippen LogP contribution is 2.44. The van der Waals surface area contributed by atoms with Gasteiger partial charge < -0.3 is 10.6 Å². The van der Waals surface area contributed by atoms with Crippen LogP contribution in [0.3, 0.4) is 0 Å². The third kappa shape index (κ3) is 1.68. The van der Waals surface area contributed by atoms with Gasteiger partial charge in [0.15, 0.2) is 5.84 Å². The number of halogens is 3. The molecule has 0 atom stereocenters. The fourth-order valence-electron chi connectivity index (χ4n) is 1.74. The summed E-state index contributed by atoms with van der Waals surface area (Å²) in [5.74, 6) is 0.174. The van der Waals surface area contributed by atoms with Crippen LogP contribution in [0.1, 0.15) is 11.1 Å². The predicted octanol–water partition coefficient (Wildman–Crippen LogP) is 2.76. The molecular formula is C10H9Cl3N4. The number of rotatable bonds is 1. The van der Waals surface area contributed by atoms with Crippen LogP contribution >= 0.6 is 34.8 Å². The van der Waals surface area contributed by atoms with E-state index in [0.717, 1.165) is 0 Å². The number of benzene rings is 1. The summed E-state index contributed by atoms with van der Waals surface area (Å²) in [5, 5.41) is 8.61. The number of nitrogens with two attached hydrogens (primary N) is 1. The molecule has 1 aromatic carbocycles. The number of amidine groups is 2. The predicted molar refractivity (Wildman–Crippen MR) is 73.4 cm³/mol. The average molecular weight is 292 g/mol. The van der Waals surface area contributed by atoms with Crippen molar-refractivity contribution in [3.05, 3.63) is 26.2 Å². The molecule has 0 radical (unpaired) electrons. The van der Waals surface area contributed by atoms with Crippen LogP contribution < -0.4 is 10.6 Å². The van der Waals surface area contributed by atoms with Crippen molar-refractivity contribution in [2.75, 3.05) is 19.0 Å². The Morgan fingerprint density at radius 3 is 2.18 bits per heavy atom. The molecular weight excluding hydrogens is 282 g/mol. The summed E-state index contributed by atoms with van der Waals surface area (Å²) in [5.41, 5.74) is 7.18. The van der Waals surface area contributed by atoms with Crippen LogP contribution in [0.25, 0.3) is 0 Å². The highest BCUT2D eigenvalue weighted by molar-refractivity contribution is 6.50. The number of hydrogen-bond donors (Lipinski definition) is 2. The lowest BCUT2D eigenvalue weighted by molar-refractivity contribution is 1.13. The summed E-state index contributed by atoms with van der Waals surface area (Å²) in [6.45, 7) is 0. The monoisotopic (exact) mass is 290 g/mol. The Hall–Kier alpha value is -0.970. The number of aliphatic imine (C=N–C) groups is 1. The van der Waals surface area contributed by atoms with Gasteiger partial charge in [-0.1, -0.05) is 34.8 Å². The lowest BCUT2D eigenvalue weighted by Crippen LogP contribution is -2.16. The summed E-state index contributed by atoms with van der Waals surface area (Å²) in [4.78, 5) is 5.59. The molecule has 0 spiro atoms. The highest BCUT2D eigenvalue weighted by atomic mass is 35.5. The molecule has 90 valence electrons. The quantitative estimate of drug-likeness (QED) is 0.781. The standard InChI is InChI=1S/C10H9Cl3N4/c1-17(2)8-6(12)4-3(5(11)7(8)13)9(14)16-10(4)15/h1-2H3,(H3,14,15,16). The zero-order valence-electron chi connectivity index (χ0n) is 9.11. The highest BCUT2D eigenvalue weighted by Gasteiger charge is 2.30. The van der Waals surface area contributed by atoms with E-state index in [4.69, 9.17) is 45.9 Å². The fraction of sp³-hybridized carbons (Fsp3) is 0.200. The Kier molecular flexibility index (Phi) is 2.97. The van der Waals surface area contributed by atoms with Crippen molar-refractivity contribution < 1.29 is 0 Å². The molecule has 0 bridgehead atoms. The maximum Gasteiger partial charge on any atom is 0.156 e.